The lowest BCUT2D eigenvalue weighted by molar-refractivity contribution is -0.159. The first-order valence-electron chi connectivity index (χ1n) is 12.2. The van der Waals surface area contributed by atoms with Crippen LogP contribution in [0, 0.1) is 5.92 Å². The highest BCUT2D eigenvalue weighted by molar-refractivity contribution is 5.88. The summed E-state index contributed by atoms with van der Waals surface area (Å²) < 4.78 is 11.3. The summed E-state index contributed by atoms with van der Waals surface area (Å²) in [5.41, 5.74) is 4.54. The SMILES string of the molecule is CC1CCCN(C(=O)[C@@H]2OCC[C@@H]2NC(=O)OCC2c3ccccc3-c3ccccc32)C1C(=O)O. The first-order chi connectivity index (χ1) is 17.0. The zero-order chi connectivity index (χ0) is 24.5. The van der Waals surface area contributed by atoms with Gasteiger partial charge in [-0.25, -0.2) is 9.59 Å². The summed E-state index contributed by atoms with van der Waals surface area (Å²) in [4.78, 5) is 39.2. The number of rotatable bonds is 5. The number of aliphatic carboxylic acids is 1. The number of nitrogens with zero attached hydrogens (tertiary/aromatic N) is 1. The van der Waals surface area contributed by atoms with E-state index in [0.29, 0.717) is 19.6 Å². The Morgan fingerprint density at radius 2 is 1.71 bits per heavy atom. The summed E-state index contributed by atoms with van der Waals surface area (Å²) in [5.74, 6) is -1.59. The molecule has 0 radical (unpaired) electrons. The van der Waals surface area contributed by atoms with Crippen molar-refractivity contribution in [3.05, 3.63) is 59.7 Å². The fraction of sp³-hybridized carbons (Fsp3) is 0.444. The Bertz CT molecular complexity index is 1090. The number of hydrogen-bond donors (Lipinski definition) is 2. The summed E-state index contributed by atoms with van der Waals surface area (Å²) in [6.45, 7) is 2.71. The van der Waals surface area contributed by atoms with E-state index in [-0.39, 0.29) is 24.3 Å². The minimum absolute atomic E-state index is 0.0587. The second-order valence-electron chi connectivity index (χ2n) is 9.59. The van der Waals surface area contributed by atoms with Crippen molar-refractivity contribution in [3.8, 4) is 11.1 Å². The molecule has 1 aliphatic carbocycles. The van der Waals surface area contributed by atoms with Gasteiger partial charge in [0.25, 0.3) is 5.91 Å². The lowest BCUT2D eigenvalue weighted by Crippen LogP contribution is -2.57. The average Bonchev–Trinajstić information content (AvgIpc) is 3.44. The number of carbonyl (C=O) groups excluding carboxylic acids is 2. The van der Waals surface area contributed by atoms with Crippen LogP contribution < -0.4 is 5.32 Å². The quantitative estimate of drug-likeness (QED) is 0.683. The van der Waals surface area contributed by atoms with E-state index in [1.165, 1.54) is 4.90 Å². The highest BCUT2D eigenvalue weighted by atomic mass is 16.6. The zero-order valence-electron chi connectivity index (χ0n) is 19.7. The highest BCUT2D eigenvalue weighted by Crippen LogP contribution is 2.44. The predicted octanol–water partition coefficient (Wildman–Crippen LogP) is 3.39. The normalized spacial score (nSPS) is 25.6. The van der Waals surface area contributed by atoms with E-state index in [0.717, 1.165) is 35.1 Å². The first kappa shape index (κ1) is 23.4. The van der Waals surface area contributed by atoms with Crippen molar-refractivity contribution in [1.29, 1.82) is 0 Å². The fourth-order valence-electron chi connectivity index (χ4n) is 5.75. The Morgan fingerprint density at radius 1 is 1.06 bits per heavy atom. The number of carboxylic acids is 1. The maximum absolute atomic E-state index is 13.2. The molecule has 2 aromatic rings. The van der Waals surface area contributed by atoms with Crippen LogP contribution in [0.1, 0.15) is 43.2 Å². The second-order valence-corrected chi connectivity index (χ2v) is 9.59. The van der Waals surface area contributed by atoms with Gasteiger partial charge in [0.05, 0.1) is 6.04 Å². The molecule has 2 aromatic carbocycles. The van der Waals surface area contributed by atoms with Crippen molar-refractivity contribution < 1.29 is 29.0 Å². The molecule has 8 heteroatoms. The van der Waals surface area contributed by atoms with Gasteiger partial charge in [0, 0.05) is 19.1 Å². The lowest BCUT2D eigenvalue weighted by Gasteiger charge is -2.39. The lowest BCUT2D eigenvalue weighted by atomic mass is 9.90. The third-order valence-corrected chi connectivity index (χ3v) is 7.45. The van der Waals surface area contributed by atoms with Gasteiger partial charge in [-0.05, 0) is 47.4 Å². The number of amides is 2. The molecular formula is C27H30N2O6. The van der Waals surface area contributed by atoms with Gasteiger partial charge in [-0.3, -0.25) is 4.79 Å². The highest BCUT2D eigenvalue weighted by Gasteiger charge is 2.44. The molecule has 5 rings (SSSR count). The van der Waals surface area contributed by atoms with Gasteiger partial charge in [-0.15, -0.1) is 0 Å². The third-order valence-electron chi connectivity index (χ3n) is 7.45. The van der Waals surface area contributed by atoms with Crippen molar-refractivity contribution in [2.45, 2.75) is 50.3 Å². The van der Waals surface area contributed by atoms with Crippen LogP contribution in [0.4, 0.5) is 4.79 Å². The molecule has 2 fully saturated rings. The number of carboxylic acid groups (broad SMARTS) is 1. The van der Waals surface area contributed by atoms with E-state index >= 15 is 0 Å². The number of benzene rings is 2. The molecule has 0 aromatic heterocycles. The van der Waals surface area contributed by atoms with Crippen LogP contribution in [0.25, 0.3) is 11.1 Å². The number of nitrogens with one attached hydrogen (secondary N) is 1. The van der Waals surface area contributed by atoms with E-state index < -0.39 is 30.3 Å². The van der Waals surface area contributed by atoms with Crippen LogP contribution in [0.15, 0.2) is 48.5 Å². The summed E-state index contributed by atoms with van der Waals surface area (Å²) in [5, 5.41) is 12.5. The number of likely N-dealkylation sites (tertiary alicyclic amines) is 1. The Hall–Kier alpha value is -3.39. The van der Waals surface area contributed by atoms with E-state index in [1.807, 2.05) is 31.2 Å². The van der Waals surface area contributed by atoms with Crippen LogP contribution in [0.2, 0.25) is 0 Å². The molecule has 2 unspecified atom stereocenters. The molecule has 184 valence electrons. The van der Waals surface area contributed by atoms with Crippen molar-refractivity contribution in [1.82, 2.24) is 10.2 Å². The van der Waals surface area contributed by atoms with Gasteiger partial charge in [0.2, 0.25) is 0 Å². The van der Waals surface area contributed by atoms with Gasteiger partial charge in [-0.1, -0.05) is 55.5 Å². The van der Waals surface area contributed by atoms with Crippen LogP contribution in [-0.2, 0) is 19.1 Å². The second kappa shape index (κ2) is 9.70. The fourth-order valence-corrected chi connectivity index (χ4v) is 5.75. The van der Waals surface area contributed by atoms with Gasteiger partial charge in [-0.2, -0.15) is 0 Å². The summed E-state index contributed by atoms with van der Waals surface area (Å²) in [6.07, 6.45) is 0.438. The Labute approximate surface area is 204 Å². The van der Waals surface area contributed by atoms with Crippen LogP contribution in [0.5, 0.6) is 0 Å². The Kier molecular flexibility index (Phi) is 6.47. The minimum Gasteiger partial charge on any atom is -0.480 e. The number of fused-ring (bicyclic) bond motifs is 3. The minimum atomic E-state index is -1.01. The van der Waals surface area contributed by atoms with Crippen molar-refractivity contribution >= 4 is 18.0 Å². The molecular weight excluding hydrogens is 448 g/mol. The van der Waals surface area contributed by atoms with Gasteiger partial charge in [0.1, 0.15) is 12.6 Å². The van der Waals surface area contributed by atoms with E-state index in [1.54, 1.807) is 0 Å². The maximum Gasteiger partial charge on any atom is 0.407 e. The number of hydrogen-bond acceptors (Lipinski definition) is 5. The monoisotopic (exact) mass is 478 g/mol. The average molecular weight is 479 g/mol. The van der Waals surface area contributed by atoms with Crippen LogP contribution >= 0.6 is 0 Å². The van der Waals surface area contributed by atoms with Gasteiger partial charge in [0.15, 0.2) is 6.10 Å². The molecule has 0 bridgehead atoms. The molecule has 8 nitrogen and oxygen atoms in total. The largest absolute Gasteiger partial charge is 0.480 e. The maximum atomic E-state index is 13.2. The number of alkyl carbamates (subject to hydrolysis) is 1. The number of piperidine rings is 1. The van der Waals surface area contributed by atoms with Gasteiger partial charge < -0.3 is 24.8 Å². The molecule has 4 atom stereocenters. The standard InChI is InChI=1S/C27H30N2O6/c1-16-7-6-13-29(23(16)26(31)32)25(30)24-22(12-14-34-24)28-27(33)35-15-21-19-10-4-2-8-17(19)18-9-3-5-11-20(18)21/h2-5,8-11,16,21-24H,6-7,12-15H2,1H3,(H,28,33)(H,31,32)/t16?,22-,23?,24+/m0/s1. The summed E-state index contributed by atoms with van der Waals surface area (Å²) in [7, 11) is 0. The predicted molar refractivity (Wildman–Crippen MR) is 128 cm³/mol. The molecule has 35 heavy (non-hydrogen) atoms. The topological polar surface area (TPSA) is 105 Å². The van der Waals surface area contributed by atoms with E-state index in [4.69, 9.17) is 9.47 Å². The first-order valence-corrected chi connectivity index (χ1v) is 12.2. The molecule has 0 spiro atoms. The molecule has 2 N–H and O–H groups in total. The third kappa shape index (κ3) is 4.38. The molecule has 3 aliphatic rings. The number of carbonyl (C=O) groups is 3. The van der Waals surface area contributed by atoms with Gasteiger partial charge >= 0.3 is 12.1 Å². The number of ether oxygens (including phenoxy) is 2. The molecule has 2 saturated heterocycles. The van der Waals surface area contributed by atoms with Crippen molar-refractivity contribution in [3.63, 3.8) is 0 Å². The Morgan fingerprint density at radius 3 is 2.37 bits per heavy atom. The molecule has 2 aliphatic heterocycles. The molecule has 2 amide bonds. The van der Waals surface area contributed by atoms with E-state index in [2.05, 4.69) is 29.6 Å². The summed E-state index contributed by atoms with van der Waals surface area (Å²) >= 11 is 0. The van der Waals surface area contributed by atoms with Crippen LogP contribution in [0.3, 0.4) is 0 Å². The zero-order valence-corrected chi connectivity index (χ0v) is 19.7. The van der Waals surface area contributed by atoms with Crippen molar-refractivity contribution in [2.24, 2.45) is 5.92 Å². The Balaban J connectivity index is 1.23. The van der Waals surface area contributed by atoms with Crippen molar-refractivity contribution in [2.75, 3.05) is 19.8 Å². The smallest absolute Gasteiger partial charge is 0.407 e. The molecule has 2 heterocycles. The summed E-state index contributed by atoms with van der Waals surface area (Å²) in [6, 6.07) is 14.8. The molecule has 0 saturated carbocycles. The van der Waals surface area contributed by atoms with E-state index in [9.17, 15) is 19.5 Å². The van der Waals surface area contributed by atoms with Crippen LogP contribution in [-0.4, -0.2) is 65.9 Å².